The maximum absolute atomic E-state index is 12.5. The summed E-state index contributed by atoms with van der Waals surface area (Å²) in [6, 6.07) is 14.5. The van der Waals surface area contributed by atoms with Crippen LogP contribution in [-0.2, 0) is 9.84 Å². The van der Waals surface area contributed by atoms with Gasteiger partial charge in [0.05, 0.1) is 11.0 Å². The average Bonchev–Trinajstić information content (AvgIpc) is 3.19. The minimum Gasteiger partial charge on any atom is -0.222 e. The zero-order chi connectivity index (χ0) is 12.8. The van der Waals surface area contributed by atoms with Crippen molar-refractivity contribution in [2.24, 2.45) is 0 Å². The third-order valence-corrected chi connectivity index (χ3v) is 5.92. The van der Waals surface area contributed by atoms with E-state index >= 15 is 0 Å². The van der Waals surface area contributed by atoms with Crippen molar-refractivity contribution in [1.29, 1.82) is 5.26 Å². The SMILES string of the molecule is N#CC1(S(=O)(=O)c2cccc3ccccc23)CC1. The first-order valence-electron chi connectivity index (χ1n) is 5.74. The molecule has 4 heteroatoms. The highest BCUT2D eigenvalue weighted by Gasteiger charge is 2.56. The molecule has 0 spiro atoms. The molecule has 3 rings (SSSR count). The van der Waals surface area contributed by atoms with Gasteiger partial charge in [-0.1, -0.05) is 36.4 Å². The molecule has 0 N–H and O–H groups in total. The highest BCUT2D eigenvalue weighted by molar-refractivity contribution is 7.93. The summed E-state index contributed by atoms with van der Waals surface area (Å²) in [5, 5.41) is 10.7. The second-order valence-corrected chi connectivity index (χ2v) is 6.81. The van der Waals surface area contributed by atoms with Crippen molar-refractivity contribution in [3.63, 3.8) is 0 Å². The summed E-state index contributed by atoms with van der Waals surface area (Å²) in [5.41, 5.74) is 0. The van der Waals surface area contributed by atoms with Crippen LogP contribution >= 0.6 is 0 Å². The molecule has 0 heterocycles. The van der Waals surface area contributed by atoms with Crippen LogP contribution in [0.4, 0.5) is 0 Å². The Balaban J connectivity index is 2.32. The molecule has 0 aromatic heterocycles. The van der Waals surface area contributed by atoms with E-state index in [4.69, 9.17) is 5.26 Å². The second-order valence-electron chi connectivity index (χ2n) is 4.59. The van der Waals surface area contributed by atoms with E-state index in [1.54, 1.807) is 18.2 Å². The third kappa shape index (κ3) is 1.37. The van der Waals surface area contributed by atoms with Gasteiger partial charge in [-0.05, 0) is 24.3 Å². The number of nitrogens with zero attached hydrogens (tertiary/aromatic N) is 1. The summed E-state index contributed by atoms with van der Waals surface area (Å²) in [7, 11) is -3.57. The molecule has 0 radical (unpaired) electrons. The van der Waals surface area contributed by atoms with Crippen molar-refractivity contribution in [3.8, 4) is 6.07 Å². The normalized spacial score (nSPS) is 17.3. The highest BCUT2D eigenvalue weighted by Crippen LogP contribution is 2.47. The standard InChI is InChI=1S/C14H11NO2S/c15-10-14(8-9-14)18(16,17)13-7-3-5-11-4-1-2-6-12(11)13/h1-7H,8-9H2. The van der Waals surface area contributed by atoms with Crippen molar-refractivity contribution in [3.05, 3.63) is 42.5 Å². The second kappa shape index (κ2) is 3.56. The van der Waals surface area contributed by atoms with E-state index in [-0.39, 0.29) is 4.90 Å². The van der Waals surface area contributed by atoms with Crippen LogP contribution in [0.3, 0.4) is 0 Å². The van der Waals surface area contributed by atoms with Gasteiger partial charge in [0, 0.05) is 5.39 Å². The molecule has 1 saturated carbocycles. The molecule has 2 aromatic carbocycles. The molecular weight excluding hydrogens is 246 g/mol. The van der Waals surface area contributed by atoms with Gasteiger partial charge in [-0.25, -0.2) is 8.42 Å². The minimum absolute atomic E-state index is 0.277. The Kier molecular flexibility index (Phi) is 2.23. The van der Waals surface area contributed by atoms with Crippen LogP contribution in [0.1, 0.15) is 12.8 Å². The molecule has 0 amide bonds. The van der Waals surface area contributed by atoms with Gasteiger partial charge in [-0.15, -0.1) is 0 Å². The van der Waals surface area contributed by atoms with Gasteiger partial charge < -0.3 is 0 Å². The van der Waals surface area contributed by atoms with E-state index in [0.29, 0.717) is 18.2 Å². The number of benzene rings is 2. The van der Waals surface area contributed by atoms with E-state index in [1.807, 2.05) is 30.3 Å². The first-order chi connectivity index (χ1) is 8.61. The van der Waals surface area contributed by atoms with E-state index in [0.717, 1.165) is 5.39 Å². The topological polar surface area (TPSA) is 57.9 Å². The van der Waals surface area contributed by atoms with Gasteiger partial charge in [0.1, 0.15) is 0 Å². The smallest absolute Gasteiger partial charge is 0.198 e. The first-order valence-corrected chi connectivity index (χ1v) is 7.23. The fourth-order valence-corrected chi connectivity index (χ4v) is 4.11. The van der Waals surface area contributed by atoms with Crippen molar-refractivity contribution in [2.45, 2.75) is 22.5 Å². The Hall–Kier alpha value is -1.86. The minimum atomic E-state index is -3.57. The number of hydrogen-bond donors (Lipinski definition) is 0. The van der Waals surface area contributed by atoms with Crippen LogP contribution in [0.25, 0.3) is 10.8 Å². The molecule has 90 valence electrons. The predicted octanol–water partition coefficient (Wildman–Crippen LogP) is 2.67. The maximum atomic E-state index is 12.5. The van der Waals surface area contributed by atoms with Crippen molar-refractivity contribution in [1.82, 2.24) is 0 Å². The molecule has 2 aromatic rings. The lowest BCUT2D eigenvalue weighted by molar-refractivity contribution is 0.589. The molecule has 1 aliphatic rings. The number of sulfone groups is 1. The van der Waals surface area contributed by atoms with Crippen LogP contribution in [-0.4, -0.2) is 13.2 Å². The summed E-state index contributed by atoms with van der Waals surface area (Å²) in [6.07, 6.45) is 0.879. The third-order valence-electron chi connectivity index (χ3n) is 3.46. The fourth-order valence-electron chi connectivity index (χ4n) is 2.19. The molecule has 1 fully saturated rings. The zero-order valence-electron chi connectivity index (χ0n) is 9.63. The molecule has 0 aliphatic heterocycles. The largest absolute Gasteiger partial charge is 0.222 e. The van der Waals surface area contributed by atoms with Crippen molar-refractivity contribution >= 4 is 20.6 Å². The monoisotopic (exact) mass is 257 g/mol. The lowest BCUT2D eigenvalue weighted by Crippen LogP contribution is -2.21. The Morgan fingerprint density at radius 3 is 2.39 bits per heavy atom. The van der Waals surface area contributed by atoms with Gasteiger partial charge in [0.15, 0.2) is 14.6 Å². The number of nitriles is 1. The van der Waals surface area contributed by atoms with Crippen molar-refractivity contribution < 1.29 is 8.42 Å². The Morgan fingerprint density at radius 1 is 1.06 bits per heavy atom. The van der Waals surface area contributed by atoms with Gasteiger partial charge >= 0.3 is 0 Å². The summed E-state index contributed by atoms with van der Waals surface area (Å²) < 4.78 is 23.9. The summed E-state index contributed by atoms with van der Waals surface area (Å²) in [6.45, 7) is 0. The quantitative estimate of drug-likeness (QED) is 0.831. The predicted molar refractivity (Wildman–Crippen MR) is 68.7 cm³/mol. The van der Waals surface area contributed by atoms with Crippen LogP contribution in [0.2, 0.25) is 0 Å². The molecule has 0 bridgehead atoms. The van der Waals surface area contributed by atoms with Gasteiger partial charge in [0.25, 0.3) is 0 Å². The summed E-state index contributed by atoms with van der Waals surface area (Å²) in [5.74, 6) is 0. The van der Waals surface area contributed by atoms with Gasteiger partial charge in [0.2, 0.25) is 0 Å². The number of rotatable bonds is 2. The molecule has 3 nitrogen and oxygen atoms in total. The summed E-state index contributed by atoms with van der Waals surface area (Å²) in [4.78, 5) is 0.277. The average molecular weight is 257 g/mol. The zero-order valence-corrected chi connectivity index (χ0v) is 10.4. The fraction of sp³-hybridized carbons (Fsp3) is 0.214. The lowest BCUT2D eigenvalue weighted by Gasteiger charge is -2.11. The lowest BCUT2D eigenvalue weighted by atomic mass is 10.1. The van der Waals surface area contributed by atoms with Crippen LogP contribution in [0.5, 0.6) is 0 Å². The van der Waals surface area contributed by atoms with Crippen molar-refractivity contribution in [2.75, 3.05) is 0 Å². The Labute approximate surface area is 106 Å². The maximum Gasteiger partial charge on any atom is 0.198 e. The Bertz CT molecular complexity index is 762. The molecule has 18 heavy (non-hydrogen) atoms. The number of fused-ring (bicyclic) bond motifs is 1. The summed E-state index contributed by atoms with van der Waals surface area (Å²) >= 11 is 0. The van der Waals surface area contributed by atoms with E-state index < -0.39 is 14.6 Å². The number of hydrogen-bond acceptors (Lipinski definition) is 3. The highest BCUT2D eigenvalue weighted by atomic mass is 32.2. The molecular formula is C14H11NO2S. The van der Waals surface area contributed by atoms with Crippen LogP contribution in [0, 0.1) is 11.3 Å². The van der Waals surface area contributed by atoms with Crippen LogP contribution < -0.4 is 0 Å². The Morgan fingerprint density at radius 2 is 1.72 bits per heavy atom. The van der Waals surface area contributed by atoms with Gasteiger partial charge in [-0.2, -0.15) is 5.26 Å². The van der Waals surface area contributed by atoms with E-state index in [2.05, 4.69) is 0 Å². The van der Waals surface area contributed by atoms with E-state index in [9.17, 15) is 8.42 Å². The molecule has 0 atom stereocenters. The molecule has 0 unspecified atom stereocenters. The molecule has 1 aliphatic carbocycles. The first kappa shape index (κ1) is 11.2. The molecule has 0 saturated heterocycles. The van der Waals surface area contributed by atoms with Crippen LogP contribution in [0.15, 0.2) is 47.4 Å². The van der Waals surface area contributed by atoms with Gasteiger partial charge in [-0.3, -0.25) is 0 Å². The van der Waals surface area contributed by atoms with E-state index in [1.165, 1.54) is 0 Å².